The molecular formula is C15H19N3O. The largest absolute Gasteiger partial charge is 0.465 e. The molecule has 19 heavy (non-hydrogen) atoms. The van der Waals surface area contributed by atoms with Crippen molar-refractivity contribution in [2.45, 2.75) is 38.1 Å². The van der Waals surface area contributed by atoms with E-state index in [9.17, 15) is 0 Å². The fraction of sp³-hybridized carbons (Fsp3) is 0.400. The van der Waals surface area contributed by atoms with E-state index >= 15 is 0 Å². The molecule has 0 aliphatic heterocycles. The summed E-state index contributed by atoms with van der Waals surface area (Å²) in [4.78, 5) is 4.56. The van der Waals surface area contributed by atoms with E-state index in [4.69, 9.17) is 10.3 Å². The van der Waals surface area contributed by atoms with Crippen LogP contribution in [0, 0.1) is 6.92 Å². The second kappa shape index (κ2) is 5.15. The van der Waals surface area contributed by atoms with Crippen LogP contribution in [0.4, 0.5) is 0 Å². The summed E-state index contributed by atoms with van der Waals surface area (Å²) in [6.07, 6.45) is 5.21. The molecule has 3 rings (SSSR count). The van der Waals surface area contributed by atoms with Crippen molar-refractivity contribution in [2.24, 2.45) is 5.84 Å². The number of nitrogens with one attached hydrogen (secondary N) is 1. The first-order valence-corrected chi connectivity index (χ1v) is 6.76. The maximum atomic E-state index is 5.76. The second-order valence-corrected chi connectivity index (χ2v) is 5.14. The lowest BCUT2D eigenvalue weighted by atomic mass is 9.81. The van der Waals surface area contributed by atoms with Gasteiger partial charge in [0.15, 0.2) is 0 Å². The van der Waals surface area contributed by atoms with Crippen LogP contribution in [0.25, 0.3) is 0 Å². The third-order valence-corrected chi connectivity index (χ3v) is 3.89. The smallest absolute Gasteiger partial charge is 0.123 e. The van der Waals surface area contributed by atoms with Gasteiger partial charge >= 0.3 is 0 Å². The number of fused-ring (bicyclic) bond motifs is 1. The molecule has 2 aromatic heterocycles. The highest BCUT2D eigenvalue weighted by atomic mass is 16.3. The van der Waals surface area contributed by atoms with Gasteiger partial charge < -0.3 is 4.42 Å². The highest BCUT2D eigenvalue weighted by Crippen LogP contribution is 2.39. The minimum Gasteiger partial charge on any atom is -0.465 e. The minimum absolute atomic E-state index is 0.0114. The topological polar surface area (TPSA) is 64.1 Å². The minimum atomic E-state index is -0.0114. The maximum absolute atomic E-state index is 5.76. The molecule has 1 aliphatic carbocycles. The van der Waals surface area contributed by atoms with E-state index in [-0.39, 0.29) is 12.0 Å². The van der Waals surface area contributed by atoms with Crippen LogP contribution in [0.5, 0.6) is 0 Å². The molecule has 1 aliphatic rings. The lowest BCUT2D eigenvalue weighted by molar-refractivity contribution is 0.334. The van der Waals surface area contributed by atoms with Gasteiger partial charge in [-0.1, -0.05) is 6.07 Å². The van der Waals surface area contributed by atoms with Crippen molar-refractivity contribution in [1.82, 2.24) is 10.4 Å². The molecule has 0 aromatic carbocycles. The van der Waals surface area contributed by atoms with Crippen LogP contribution in [-0.4, -0.2) is 4.98 Å². The number of furan rings is 1. The van der Waals surface area contributed by atoms with Gasteiger partial charge in [0.1, 0.15) is 11.5 Å². The number of aryl methyl sites for hydroxylation is 2. The van der Waals surface area contributed by atoms with Gasteiger partial charge in [0.25, 0.3) is 0 Å². The predicted octanol–water partition coefficient (Wildman–Crippen LogP) is 2.61. The molecular weight excluding hydrogens is 238 g/mol. The number of aromatic nitrogens is 1. The fourth-order valence-corrected chi connectivity index (χ4v) is 2.99. The lowest BCUT2D eigenvalue weighted by Crippen LogP contribution is -2.34. The van der Waals surface area contributed by atoms with Crippen LogP contribution in [0.3, 0.4) is 0 Å². The molecule has 0 bridgehead atoms. The van der Waals surface area contributed by atoms with Crippen LogP contribution in [-0.2, 0) is 6.42 Å². The Bertz CT molecular complexity index is 564. The van der Waals surface area contributed by atoms with E-state index in [1.807, 2.05) is 31.3 Å². The zero-order valence-electron chi connectivity index (χ0n) is 11.1. The van der Waals surface area contributed by atoms with Gasteiger partial charge in [0.05, 0.1) is 6.04 Å². The first-order chi connectivity index (χ1) is 9.29. The Kier molecular flexibility index (Phi) is 3.36. The number of hydrazine groups is 1. The van der Waals surface area contributed by atoms with Gasteiger partial charge in [-0.25, -0.2) is 5.43 Å². The first-order valence-electron chi connectivity index (χ1n) is 6.76. The highest BCUT2D eigenvalue weighted by molar-refractivity contribution is 5.29. The van der Waals surface area contributed by atoms with Crippen molar-refractivity contribution < 1.29 is 4.42 Å². The van der Waals surface area contributed by atoms with Gasteiger partial charge in [-0.2, -0.15) is 0 Å². The summed E-state index contributed by atoms with van der Waals surface area (Å²) in [5, 5.41) is 0. The van der Waals surface area contributed by atoms with Crippen LogP contribution in [0.2, 0.25) is 0 Å². The number of hydrogen-bond donors (Lipinski definition) is 2. The number of nitrogens with two attached hydrogens (primary N) is 1. The van der Waals surface area contributed by atoms with Gasteiger partial charge in [-0.15, -0.1) is 0 Å². The predicted molar refractivity (Wildman–Crippen MR) is 73.4 cm³/mol. The fourth-order valence-electron chi connectivity index (χ4n) is 2.99. The molecule has 0 spiro atoms. The van der Waals surface area contributed by atoms with Crippen molar-refractivity contribution in [3.8, 4) is 0 Å². The lowest BCUT2D eigenvalue weighted by Gasteiger charge is -2.29. The molecule has 0 radical (unpaired) electrons. The molecule has 2 unspecified atom stereocenters. The second-order valence-electron chi connectivity index (χ2n) is 5.14. The summed E-state index contributed by atoms with van der Waals surface area (Å²) in [7, 11) is 0. The average molecular weight is 257 g/mol. The molecule has 2 aromatic rings. The van der Waals surface area contributed by atoms with Crippen molar-refractivity contribution in [1.29, 1.82) is 0 Å². The monoisotopic (exact) mass is 257 g/mol. The van der Waals surface area contributed by atoms with Crippen LogP contribution >= 0.6 is 0 Å². The number of pyridine rings is 1. The molecule has 0 saturated carbocycles. The summed E-state index contributed by atoms with van der Waals surface area (Å²) in [5.74, 6) is 7.84. The van der Waals surface area contributed by atoms with Crippen molar-refractivity contribution in [2.75, 3.05) is 0 Å². The zero-order chi connectivity index (χ0) is 13.2. The SMILES string of the molecule is Cc1ccc(C(NN)C2CCCc3cccnc32)o1. The number of rotatable bonds is 3. The third-order valence-electron chi connectivity index (χ3n) is 3.89. The Balaban J connectivity index is 1.97. The van der Waals surface area contributed by atoms with E-state index in [2.05, 4.69) is 16.5 Å². The summed E-state index contributed by atoms with van der Waals surface area (Å²) >= 11 is 0. The summed E-state index contributed by atoms with van der Waals surface area (Å²) < 4.78 is 5.73. The van der Waals surface area contributed by atoms with E-state index in [1.54, 1.807) is 0 Å². The molecule has 2 heterocycles. The van der Waals surface area contributed by atoms with E-state index in [1.165, 1.54) is 12.0 Å². The Morgan fingerprint density at radius 2 is 2.32 bits per heavy atom. The Morgan fingerprint density at radius 1 is 1.42 bits per heavy atom. The van der Waals surface area contributed by atoms with Gasteiger partial charge in [0, 0.05) is 17.8 Å². The summed E-state index contributed by atoms with van der Waals surface area (Å²) in [6, 6.07) is 8.12. The molecule has 100 valence electrons. The summed E-state index contributed by atoms with van der Waals surface area (Å²) in [5.41, 5.74) is 5.40. The quantitative estimate of drug-likeness (QED) is 0.655. The average Bonchev–Trinajstić information content (AvgIpc) is 2.86. The Hall–Kier alpha value is -1.65. The van der Waals surface area contributed by atoms with E-state index < -0.39 is 0 Å². The molecule has 2 atom stereocenters. The normalized spacial score (nSPS) is 20.0. The van der Waals surface area contributed by atoms with Gasteiger partial charge in [-0.05, 0) is 49.9 Å². The molecule has 4 heteroatoms. The van der Waals surface area contributed by atoms with Crippen molar-refractivity contribution in [3.63, 3.8) is 0 Å². The molecule has 0 saturated heterocycles. The van der Waals surface area contributed by atoms with Crippen LogP contribution < -0.4 is 11.3 Å². The standard InChI is InChI=1S/C15H19N3O/c1-10-7-8-13(19-10)15(18-16)12-6-2-4-11-5-3-9-17-14(11)12/h3,5,7-9,12,15,18H,2,4,6,16H2,1H3. The molecule has 3 N–H and O–H groups in total. The van der Waals surface area contributed by atoms with Crippen LogP contribution in [0.15, 0.2) is 34.9 Å². The number of nitrogens with zero attached hydrogens (tertiary/aromatic N) is 1. The van der Waals surface area contributed by atoms with Crippen molar-refractivity contribution >= 4 is 0 Å². The Labute approximate surface area is 113 Å². The highest BCUT2D eigenvalue weighted by Gasteiger charge is 2.31. The zero-order valence-corrected chi connectivity index (χ0v) is 11.1. The maximum Gasteiger partial charge on any atom is 0.123 e. The molecule has 4 nitrogen and oxygen atoms in total. The molecule has 0 amide bonds. The number of hydrogen-bond acceptors (Lipinski definition) is 4. The van der Waals surface area contributed by atoms with Gasteiger partial charge in [0.2, 0.25) is 0 Å². The Morgan fingerprint density at radius 3 is 3.05 bits per heavy atom. The van der Waals surface area contributed by atoms with Crippen molar-refractivity contribution in [3.05, 3.63) is 53.2 Å². The van der Waals surface area contributed by atoms with Gasteiger partial charge in [-0.3, -0.25) is 10.8 Å². The third kappa shape index (κ3) is 2.29. The van der Waals surface area contributed by atoms with E-state index in [0.29, 0.717) is 0 Å². The summed E-state index contributed by atoms with van der Waals surface area (Å²) in [6.45, 7) is 1.95. The van der Waals surface area contributed by atoms with E-state index in [0.717, 1.165) is 30.1 Å². The molecule has 0 fully saturated rings. The van der Waals surface area contributed by atoms with Crippen LogP contribution in [0.1, 0.15) is 47.6 Å². The first kappa shape index (κ1) is 12.4.